The summed E-state index contributed by atoms with van der Waals surface area (Å²) in [5, 5.41) is 0. The molecule has 0 aliphatic rings. The van der Waals surface area contributed by atoms with Gasteiger partial charge in [0.2, 0.25) is 0 Å². The quantitative estimate of drug-likeness (QED) is 0.699. The van der Waals surface area contributed by atoms with E-state index in [0.29, 0.717) is 11.0 Å². The van der Waals surface area contributed by atoms with E-state index in [1.54, 1.807) is 22.9 Å². The number of aromatic nitrogens is 1. The standard InChI is InChI=1S/C12H8BrFINO/c13-9-3-8(4-10(14)5-9)6-16-7-11(15)1-2-12(16)17/h1-5,7H,6H2. The SMILES string of the molecule is O=c1ccc(I)cn1Cc1cc(F)cc(Br)c1. The summed E-state index contributed by atoms with van der Waals surface area (Å²) < 4.78 is 16.4. The molecule has 0 spiro atoms. The van der Waals surface area contributed by atoms with Crippen molar-refractivity contribution in [1.29, 1.82) is 0 Å². The molecule has 0 aliphatic carbocycles. The van der Waals surface area contributed by atoms with Crippen molar-refractivity contribution in [2.75, 3.05) is 0 Å². The maximum absolute atomic E-state index is 13.2. The third-order valence-corrected chi connectivity index (χ3v) is 3.32. The van der Waals surface area contributed by atoms with E-state index in [1.165, 1.54) is 18.2 Å². The lowest BCUT2D eigenvalue weighted by Gasteiger charge is -2.07. The van der Waals surface area contributed by atoms with E-state index >= 15 is 0 Å². The Kier molecular flexibility index (Phi) is 3.98. The van der Waals surface area contributed by atoms with Crippen molar-refractivity contribution >= 4 is 38.5 Å². The van der Waals surface area contributed by atoms with Crippen LogP contribution in [0.5, 0.6) is 0 Å². The van der Waals surface area contributed by atoms with Gasteiger partial charge in [0.25, 0.3) is 5.56 Å². The van der Waals surface area contributed by atoms with Gasteiger partial charge in [-0.2, -0.15) is 0 Å². The van der Waals surface area contributed by atoms with Crippen molar-refractivity contribution in [3.8, 4) is 0 Å². The normalized spacial score (nSPS) is 10.5. The molecule has 0 fully saturated rings. The van der Waals surface area contributed by atoms with E-state index in [2.05, 4.69) is 38.5 Å². The summed E-state index contributed by atoms with van der Waals surface area (Å²) in [7, 11) is 0. The van der Waals surface area contributed by atoms with Crippen LogP contribution in [0.15, 0.2) is 45.8 Å². The van der Waals surface area contributed by atoms with Crippen LogP contribution in [0.2, 0.25) is 0 Å². The summed E-state index contributed by atoms with van der Waals surface area (Å²) in [6.45, 7) is 0.367. The van der Waals surface area contributed by atoms with Gasteiger partial charge in [-0.25, -0.2) is 4.39 Å². The number of benzene rings is 1. The third-order valence-electron chi connectivity index (χ3n) is 2.22. The molecule has 2 aromatic rings. The molecule has 0 saturated heterocycles. The topological polar surface area (TPSA) is 22.0 Å². The Morgan fingerprint density at radius 1 is 1.29 bits per heavy atom. The Hall–Kier alpha value is -0.690. The van der Waals surface area contributed by atoms with Gasteiger partial charge in [-0.15, -0.1) is 0 Å². The van der Waals surface area contributed by atoms with Crippen molar-refractivity contribution in [3.05, 3.63) is 66.3 Å². The molecule has 1 aromatic heterocycles. The van der Waals surface area contributed by atoms with Crippen molar-refractivity contribution in [1.82, 2.24) is 4.57 Å². The molecule has 0 N–H and O–H groups in total. The van der Waals surface area contributed by atoms with Crippen LogP contribution >= 0.6 is 38.5 Å². The highest BCUT2D eigenvalue weighted by atomic mass is 127. The van der Waals surface area contributed by atoms with Crippen LogP contribution in [-0.4, -0.2) is 4.57 Å². The Morgan fingerprint density at radius 3 is 2.76 bits per heavy atom. The minimum atomic E-state index is -0.312. The zero-order chi connectivity index (χ0) is 12.4. The molecule has 0 unspecified atom stereocenters. The minimum Gasteiger partial charge on any atom is -0.310 e. The van der Waals surface area contributed by atoms with E-state index in [9.17, 15) is 9.18 Å². The van der Waals surface area contributed by atoms with Gasteiger partial charge in [0.1, 0.15) is 5.82 Å². The molecule has 0 saturated carbocycles. The zero-order valence-corrected chi connectivity index (χ0v) is 12.4. The molecule has 1 aromatic carbocycles. The monoisotopic (exact) mass is 407 g/mol. The summed E-state index contributed by atoms with van der Waals surface area (Å²) in [5.74, 6) is -0.312. The molecule has 0 radical (unpaired) electrons. The molecule has 0 atom stereocenters. The Bertz CT molecular complexity index is 591. The first-order chi connectivity index (χ1) is 8.04. The van der Waals surface area contributed by atoms with Crippen LogP contribution in [-0.2, 0) is 6.54 Å². The summed E-state index contributed by atoms with van der Waals surface area (Å²) in [5.41, 5.74) is 0.659. The van der Waals surface area contributed by atoms with Crippen LogP contribution in [0.25, 0.3) is 0 Å². The summed E-state index contributed by atoms with van der Waals surface area (Å²) >= 11 is 5.37. The van der Waals surface area contributed by atoms with Gasteiger partial charge in [0.05, 0.1) is 6.54 Å². The molecule has 0 bridgehead atoms. The first-order valence-electron chi connectivity index (χ1n) is 4.85. The number of rotatable bonds is 2. The van der Waals surface area contributed by atoms with Gasteiger partial charge < -0.3 is 4.57 Å². The van der Waals surface area contributed by atoms with Gasteiger partial charge in [-0.05, 0) is 52.4 Å². The number of nitrogens with zero attached hydrogens (tertiary/aromatic N) is 1. The van der Waals surface area contributed by atoms with E-state index in [-0.39, 0.29) is 11.4 Å². The van der Waals surface area contributed by atoms with Gasteiger partial charge in [0.15, 0.2) is 0 Å². The fourth-order valence-corrected chi connectivity index (χ4v) is 2.55. The predicted molar refractivity (Wildman–Crippen MR) is 76.6 cm³/mol. The van der Waals surface area contributed by atoms with Crippen molar-refractivity contribution < 1.29 is 4.39 Å². The molecule has 5 heteroatoms. The summed E-state index contributed by atoms with van der Waals surface area (Å²) in [6.07, 6.45) is 1.75. The zero-order valence-electron chi connectivity index (χ0n) is 8.66. The molecule has 88 valence electrons. The van der Waals surface area contributed by atoms with E-state index < -0.39 is 0 Å². The smallest absolute Gasteiger partial charge is 0.250 e. The number of hydrogen-bond donors (Lipinski definition) is 0. The van der Waals surface area contributed by atoms with Crippen LogP contribution < -0.4 is 5.56 Å². The average Bonchev–Trinajstić information content (AvgIpc) is 2.22. The van der Waals surface area contributed by atoms with Gasteiger partial charge in [0, 0.05) is 20.3 Å². The third kappa shape index (κ3) is 3.38. The van der Waals surface area contributed by atoms with E-state index in [4.69, 9.17) is 0 Å². The number of halogens is 3. The average molecular weight is 408 g/mol. The van der Waals surface area contributed by atoms with Crippen molar-refractivity contribution in [3.63, 3.8) is 0 Å². The Labute approximate surface area is 120 Å². The fourth-order valence-electron chi connectivity index (χ4n) is 1.52. The lowest BCUT2D eigenvalue weighted by Crippen LogP contribution is -2.19. The Balaban J connectivity index is 2.37. The fraction of sp³-hybridized carbons (Fsp3) is 0.0833. The van der Waals surface area contributed by atoms with Gasteiger partial charge >= 0.3 is 0 Å². The molecule has 1 heterocycles. The van der Waals surface area contributed by atoms with Gasteiger partial charge in [-0.1, -0.05) is 15.9 Å². The maximum Gasteiger partial charge on any atom is 0.250 e. The molecule has 2 rings (SSSR count). The first-order valence-corrected chi connectivity index (χ1v) is 6.73. The van der Waals surface area contributed by atoms with Crippen LogP contribution in [0.3, 0.4) is 0 Å². The van der Waals surface area contributed by atoms with Crippen LogP contribution in [0.1, 0.15) is 5.56 Å². The molecule has 17 heavy (non-hydrogen) atoms. The van der Waals surface area contributed by atoms with Crippen molar-refractivity contribution in [2.24, 2.45) is 0 Å². The Morgan fingerprint density at radius 2 is 2.06 bits per heavy atom. The van der Waals surface area contributed by atoms with Crippen LogP contribution in [0, 0.1) is 9.39 Å². The summed E-state index contributed by atoms with van der Waals surface area (Å²) in [4.78, 5) is 11.6. The molecular formula is C12H8BrFINO. The second-order valence-corrected chi connectivity index (χ2v) is 5.75. The minimum absolute atomic E-state index is 0.0919. The van der Waals surface area contributed by atoms with Crippen LogP contribution in [0.4, 0.5) is 4.39 Å². The highest BCUT2D eigenvalue weighted by molar-refractivity contribution is 14.1. The maximum atomic E-state index is 13.2. The largest absolute Gasteiger partial charge is 0.310 e. The highest BCUT2D eigenvalue weighted by Gasteiger charge is 2.02. The highest BCUT2D eigenvalue weighted by Crippen LogP contribution is 2.15. The second-order valence-electron chi connectivity index (χ2n) is 3.59. The molecule has 0 aliphatic heterocycles. The van der Waals surface area contributed by atoms with Gasteiger partial charge in [-0.3, -0.25) is 4.79 Å². The van der Waals surface area contributed by atoms with E-state index in [1.807, 2.05) is 0 Å². The lowest BCUT2D eigenvalue weighted by molar-refractivity contribution is 0.621. The summed E-state index contributed by atoms with van der Waals surface area (Å²) in [6, 6.07) is 7.88. The molecular weight excluding hydrogens is 400 g/mol. The van der Waals surface area contributed by atoms with Crippen molar-refractivity contribution in [2.45, 2.75) is 6.54 Å². The predicted octanol–water partition coefficient (Wildman–Crippen LogP) is 3.40. The van der Waals surface area contributed by atoms with E-state index in [0.717, 1.165) is 9.13 Å². The first kappa shape index (κ1) is 12.8. The molecule has 0 amide bonds. The second kappa shape index (κ2) is 5.30. The number of pyridine rings is 1. The molecule has 2 nitrogen and oxygen atoms in total. The number of hydrogen-bond acceptors (Lipinski definition) is 1. The lowest BCUT2D eigenvalue weighted by atomic mass is 10.2.